The zero-order chi connectivity index (χ0) is 16.1. The van der Waals surface area contributed by atoms with E-state index in [9.17, 15) is 14.9 Å². The van der Waals surface area contributed by atoms with Crippen LogP contribution in [-0.4, -0.2) is 16.3 Å². The monoisotopic (exact) mass is 383 g/mol. The molecule has 114 valence electrons. The van der Waals surface area contributed by atoms with Crippen LogP contribution in [0.2, 0.25) is 0 Å². The minimum Gasteiger partial charge on any atom is -0.425 e. The predicted octanol–water partition coefficient (Wildman–Crippen LogP) is 4.24. The van der Waals surface area contributed by atoms with Gasteiger partial charge in [-0.3, -0.25) is 10.1 Å². The second-order valence-corrected chi connectivity index (χ2v) is 5.84. The molecule has 22 heavy (non-hydrogen) atoms. The van der Waals surface area contributed by atoms with E-state index in [4.69, 9.17) is 16.3 Å². The Morgan fingerprint density at radius 1 is 1.14 bits per heavy atom. The van der Waals surface area contributed by atoms with Gasteiger partial charge in [0.15, 0.2) is 0 Å². The second-order valence-electron chi connectivity index (χ2n) is 4.39. The zero-order valence-electron chi connectivity index (χ0n) is 11.2. The Morgan fingerprint density at radius 2 is 1.73 bits per heavy atom. The summed E-state index contributed by atoms with van der Waals surface area (Å²) < 4.78 is 5.13. The minimum atomic E-state index is -0.933. The molecule has 0 bridgehead atoms. The summed E-state index contributed by atoms with van der Waals surface area (Å²) in [5.74, 6) is -0.435. The van der Waals surface area contributed by atoms with Crippen molar-refractivity contribution in [1.82, 2.24) is 0 Å². The van der Waals surface area contributed by atoms with E-state index in [0.29, 0.717) is 0 Å². The second kappa shape index (κ2) is 7.38. The van der Waals surface area contributed by atoms with Crippen molar-refractivity contribution in [2.45, 2.75) is 10.2 Å². The van der Waals surface area contributed by atoms with Crippen LogP contribution in [0.25, 0.3) is 0 Å². The molecular weight excluding hydrogens is 374 g/mol. The molecule has 0 aromatic heterocycles. The summed E-state index contributed by atoms with van der Waals surface area (Å²) in [6, 6.07) is 14.5. The molecule has 2 rings (SSSR count). The van der Waals surface area contributed by atoms with Crippen molar-refractivity contribution in [3.8, 4) is 5.75 Å². The van der Waals surface area contributed by atoms with Crippen LogP contribution >= 0.6 is 27.5 Å². The highest BCUT2D eigenvalue weighted by molar-refractivity contribution is 9.09. The molecule has 0 saturated carbocycles. The number of ether oxygens (including phenoxy) is 1. The lowest BCUT2D eigenvalue weighted by molar-refractivity contribution is -0.384. The molecule has 0 fully saturated rings. The van der Waals surface area contributed by atoms with Crippen molar-refractivity contribution >= 4 is 39.2 Å². The normalized spacial score (nSPS) is 13.2. The Bertz CT molecular complexity index is 663. The van der Waals surface area contributed by atoms with Gasteiger partial charge in [0, 0.05) is 12.1 Å². The molecule has 0 heterocycles. The Kier molecular flexibility index (Phi) is 5.51. The quantitative estimate of drug-likeness (QED) is 0.254. The molecule has 0 spiro atoms. The average molecular weight is 385 g/mol. The van der Waals surface area contributed by atoms with Gasteiger partial charge in [-0.25, -0.2) is 4.79 Å². The van der Waals surface area contributed by atoms with Crippen LogP contribution in [0, 0.1) is 10.1 Å². The van der Waals surface area contributed by atoms with Crippen molar-refractivity contribution in [2.75, 3.05) is 0 Å². The van der Waals surface area contributed by atoms with E-state index in [-0.39, 0.29) is 11.4 Å². The molecule has 0 N–H and O–H groups in total. The van der Waals surface area contributed by atoms with Crippen LogP contribution < -0.4 is 4.74 Å². The van der Waals surface area contributed by atoms with E-state index in [0.717, 1.165) is 5.56 Å². The maximum absolute atomic E-state index is 12.0. The number of alkyl halides is 2. The number of halogens is 2. The average Bonchev–Trinajstić information content (AvgIpc) is 2.54. The molecule has 2 aromatic carbocycles. The Balaban J connectivity index is 2.03. The molecule has 7 heteroatoms. The van der Waals surface area contributed by atoms with Crippen molar-refractivity contribution in [1.29, 1.82) is 0 Å². The van der Waals surface area contributed by atoms with Crippen LogP contribution in [0.15, 0.2) is 54.6 Å². The molecule has 0 aliphatic rings. The van der Waals surface area contributed by atoms with Gasteiger partial charge < -0.3 is 4.74 Å². The van der Waals surface area contributed by atoms with E-state index in [1.165, 1.54) is 24.3 Å². The van der Waals surface area contributed by atoms with Crippen molar-refractivity contribution in [2.24, 2.45) is 0 Å². The van der Waals surface area contributed by atoms with Crippen molar-refractivity contribution in [3.05, 3.63) is 70.3 Å². The first-order valence-electron chi connectivity index (χ1n) is 6.28. The third-order valence-electron chi connectivity index (χ3n) is 2.87. The number of esters is 1. The number of nitro benzene ring substituents is 1. The molecule has 0 saturated heterocycles. The first-order chi connectivity index (χ1) is 10.5. The highest BCUT2D eigenvalue weighted by atomic mass is 79.9. The van der Waals surface area contributed by atoms with Gasteiger partial charge in [0.25, 0.3) is 5.69 Å². The number of nitro groups is 1. The number of carbonyl (C=O) groups excluding carboxylic acids is 1. The lowest BCUT2D eigenvalue weighted by Gasteiger charge is -2.15. The molecule has 0 radical (unpaired) electrons. The number of hydrogen-bond donors (Lipinski definition) is 0. The van der Waals surface area contributed by atoms with E-state index in [2.05, 4.69) is 15.9 Å². The third kappa shape index (κ3) is 4.05. The van der Waals surface area contributed by atoms with Crippen LogP contribution in [0.5, 0.6) is 5.75 Å². The molecule has 5 nitrogen and oxygen atoms in total. The van der Waals surface area contributed by atoms with E-state index >= 15 is 0 Å². The van der Waals surface area contributed by atoms with Gasteiger partial charge in [-0.1, -0.05) is 46.3 Å². The molecule has 2 atom stereocenters. The van der Waals surface area contributed by atoms with Gasteiger partial charge in [-0.15, -0.1) is 11.6 Å². The summed E-state index contributed by atoms with van der Waals surface area (Å²) in [5.41, 5.74) is 0.771. The van der Waals surface area contributed by atoms with Gasteiger partial charge in [0.1, 0.15) is 11.1 Å². The standard InChI is InChI=1S/C15H11BrClNO4/c16-13(10-4-2-1-3-5-10)14(17)15(19)22-12-8-6-11(7-9-12)18(20)21/h1-9,13-14H/t13-,14+/m1/s1. The lowest BCUT2D eigenvalue weighted by atomic mass is 10.1. The van der Waals surface area contributed by atoms with E-state index in [1.54, 1.807) is 0 Å². The highest BCUT2D eigenvalue weighted by Crippen LogP contribution is 2.31. The Hall–Kier alpha value is -1.92. The predicted molar refractivity (Wildman–Crippen MR) is 86.5 cm³/mol. The first kappa shape index (κ1) is 16.5. The maximum Gasteiger partial charge on any atom is 0.330 e. The highest BCUT2D eigenvalue weighted by Gasteiger charge is 2.27. The van der Waals surface area contributed by atoms with Crippen LogP contribution in [0.4, 0.5) is 5.69 Å². The SMILES string of the molecule is O=C(Oc1ccc([N+](=O)[O-])cc1)[C@@H](Cl)[C@H](Br)c1ccccc1. The summed E-state index contributed by atoms with van der Waals surface area (Å²) in [5, 5.41) is 9.63. The summed E-state index contributed by atoms with van der Waals surface area (Å²) in [4.78, 5) is 21.7. The van der Waals surface area contributed by atoms with E-state index < -0.39 is 21.1 Å². The van der Waals surface area contributed by atoms with Gasteiger partial charge in [-0.05, 0) is 17.7 Å². The third-order valence-corrected chi connectivity index (χ3v) is 4.66. The topological polar surface area (TPSA) is 69.4 Å². The minimum absolute atomic E-state index is 0.0788. The molecule has 2 aromatic rings. The van der Waals surface area contributed by atoms with Crippen molar-refractivity contribution in [3.63, 3.8) is 0 Å². The smallest absolute Gasteiger partial charge is 0.330 e. The maximum atomic E-state index is 12.0. The number of hydrogen-bond acceptors (Lipinski definition) is 4. The van der Waals surface area contributed by atoms with Crippen LogP contribution in [0.3, 0.4) is 0 Å². The van der Waals surface area contributed by atoms with Gasteiger partial charge >= 0.3 is 5.97 Å². The lowest BCUT2D eigenvalue weighted by Crippen LogP contribution is -2.24. The van der Waals surface area contributed by atoms with Gasteiger partial charge in [-0.2, -0.15) is 0 Å². The Morgan fingerprint density at radius 3 is 2.27 bits per heavy atom. The summed E-state index contributed by atoms with van der Waals surface area (Å²) in [6.45, 7) is 0. The fourth-order valence-corrected chi connectivity index (χ4v) is 2.44. The number of non-ortho nitro benzene ring substituents is 1. The zero-order valence-corrected chi connectivity index (χ0v) is 13.5. The number of rotatable bonds is 5. The fraction of sp³-hybridized carbons (Fsp3) is 0.133. The van der Waals surface area contributed by atoms with Gasteiger partial charge in [0.05, 0.1) is 9.75 Å². The fourth-order valence-electron chi connectivity index (χ4n) is 1.73. The summed E-state index contributed by atoms with van der Waals surface area (Å²) in [6.07, 6.45) is 0. The molecule has 0 amide bonds. The molecule has 0 aliphatic heterocycles. The molecule has 0 aliphatic carbocycles. The number of carbonyl (C=O) groups is 1. The molecular formula is C15H11BrClNO4. The largest absolute Gasteiger partial charge is 0.425 e. The number of benzene rings is 2. The summed E-state index contributed by atoms with van der Waals surface area (Å²) in [7, 11) is 0. The van der Waals surface area contributed by atoms with Crippen molar-refractivity contribution < 1.29 is 14.5 Å². The van der Waals surface area contributed by atoms with E-state index in [1.807, 2.05) is 30.3 Å². The van der Waals surface area contributed by atoms with Crippen LogP contribution in [0.1, 0.15) is 10.4 Å². The van der Waals surface area contributed by atoms with Crippen LogP contribution in [-0.2, 0) is 4.79 Å². The first-order valence-corrected chi connectivity index (χ1v) is 7.63. The number of nitrogens with zero attached hydrogens (tertiary/aromatic N) is 1. The Labute approximate surface area is 140 Å². The summed E-state index contributed by atoms with van der Waals surface area (Å²) >= 11 is 9.49. The molecule has 0 unspecified atom stereocenters. The van der Waals surface area contributed by atoms with Gasteiger partial charge in [0.2, 0.25) is 0 Å².